The minimum absolute atomic E-state index is 0.0590. The summed E-state index contributed by atoms with van der Waals surface area (Å²) in [6.45, 7) is 6.91. The zero-order valence-corrected chi connectivity index (χ0v) is 18.3. The van der Waals surface area contributed by atoms with Crippen LogP contribution in [0.5, 0.6) is 0 Å². The van der Waals surface area contributed by atoms with E-state index in [0.717, 1.165) is 16.7 Å². The maximum atomic E-state index is 13.9. The van der Waals surface area contributed by atoms with E-state index in [1.807, 2.05) is 0 Å². The number of benzene rings is 2. The molecule has 0 aliphatic carbocycles. The Hall–Kier alpha value is -3.00. The maximum absolute atomic E-state index is 13.9. The van der Waals surface area contributed by atoms with Gasteiger partial charge in [-0.25, -0.2) is 18.6 Å². The number of ether oxygens (including phenoxy) is 1. The highest BCUT2D eigenvalue weighted by Crippen LogP contribution is 2.25. The van der Waals surface area contributed by atoms with Gasteiger partial charge >= 0.3 is 6.09 Å². The minimum atomic E-state index is -0.854. The van der Waals surface area contributed by atoms with Gasteiger partial charge in [-0.3, -0.25) is 9.36 Å². The lowest BCUT2D eigenvalue weighted by Crippen LogP contribution is -2.37. The molecular formula is C22H22ClF2N3O3. The van der Waals surface area contributed by atoms with Crippen molar-refractivity contribution in [3.8, 4) is 5.69 Å². The number of alkyl carbamates (subject to hydrolysis) is 1. The summed E-state index contributed by atoms with van der Waals surface area (Å²) in [5.41, 5.74) is -1.15. The number of nitrogens with zero attached hydrogens (tertiary/aromatic N) is 2. The van der Waals surface area contributed by atoms with E-state index in [4.69, 9.17) is 16.3 Å². The van der Waals surface area contributed by atoms with Crippen LogP contribution in [0.1, 0.15) is 46.0 Å². The number of fused-ring (bicyclic) bond motifs is 1. The molecule has 0 bridgehead atoms. The average Bonchev–Trinajstić information content (AvgIpc) is 2.64. The number of nitrogens with one attached hydrogen (secondary N) is 1. The summed E-state index contributed by atoms with van der Waals surface area (Å²) >= 11 is 6.25. The molecule has 1 amide bonds. The van der Waals surface area contributed by atoms with Crippen LogP contribution in [-0.2, 0) is 4.74 Å². The molecule has 3 aromatic rings. The molecule has 0 saturated carbocycles. The predicted octanol–water partition coefficient (Wildman–Crippen LogP) is 5.29. The third kappa shape index (κ3) is 5.02. The Morgan fingerprint density at radius 2 is 1.87 bits per heavy atom. The summed E-state index contributed by atoms with van der Waals surface area (Å²) in [7, 11) is 0. The molecule has 0 aliphatic rings. The van der Waals surface area contributed by atoms with E-state index >= 15 is 0 Å². The highest BCUT2D eigenvalue weighted by Gasteiger charge is 2.25. The molecule has 31 heavy (non-hydrogen) atoms. The Bertz CT molecular complexity index is 1180. The van der Waals surface area contributed by atoms with Crippen molar-refractivity contribution in [3.05, 3.63) is 69.2 Å². The van der Waals surface area contributed by atoms with Crippen molar-refractivity contribution in [1.82, 2.24) is 14.9 Å². The standard InChI is InChI=1S/C22H22ClF2N3O3/c1-5-17(26-21(30)31-22(2,3)4)19-27-18-15(7-6-8-16(18)23)20(29)28(19)14-10-12(24)9-13(25)11-14/h6-11,17H,5H2,1-4H3,(H,26,30). The van der Waals surface area contributed by atoms with Gasteiger partial charge in [-0.15, -0.1) is 0 Å². The fourth-order valence-electron chi connectivity index (χ4n) is 3.14. The topological polar surface area (TPSA) is 73.2 Å². The number of amides is 1. The van der Waals surface area contributed by atoms with Gasteiger partial charge in [0.05, 0.1) is 27.7 Å². The predicted molar refractivity (Wildman–Crippen MR) is 115 cm³/mol. The zero-order valence-electron chi connectivity index (χ0n) is 17.5. The summed E-state index contributed by atoms with van der Waals surface area (Å²) in [5.74, 6) is -1.64. The van der Waals surface area contributed by atoms with Crippen LogP contribution in [-0.4, -0.2) is 21.2 Å². The van der Waals surface area contributed by atoms with Crippen LogP contribution in [0.15, 0.2) is 41.2 Å². The lowest BCUT2D eigenvalue weighted by molar-refractivity contribution is 0.0499. The Labute approximate surface area is 182 Å². The Balaban J connectivity index is 2.26. The van der Waals surface area contributed by atoms with Gasteiger partial charge < -0.3 is 10.1 Å². The first-order valence-electron chi connectivity index (χ1n) is 9.67. The Morgan fingerprint density at radius 3 is 2.45 bits per heavy atom. The van der Waals surface area contributed by atoms with Gasteiger partial charge in [-0.1, -0.05) is 24.6 Å². The zero-order chi connectivity index (χ0) is 22.9. The van der Waals surface area contributed by atoms with Crippen LogP contribution in [0.3, 0.4) is 0 Å². The molecule has 0 saturated heterocycles. The smallest absolute Gasteiger partial charge is 0.408 e. The van der Waals surface area contributed by atoms with Crippen LogP contribution in [0.25, 0.3) is 16.6 Å². The molecule has 1 unspecified atom stereocenters. The van der Waals surface area contributed by atoms with E-state index < -0.39 is 34.9 Å². The summed E-state index contributed by atoms with van der Waals surface area (Å²) in [6, 6.07) is 6.63. The van der Waals surface area contributed by atoms with Crippen molar-refractivity contribution in [2.24, 2.45) is 0 Å². The highest BCUT2D eigenvalue weighted by molar-refractivity contribution is 6.35. The van der Waals surface area contributed by atoms with E-state index in [1.54, 1.807) is 39.8 Å². The lowest BCUT2D eigenvalue weighted by Gasteiger charge is -2.25. The summed E-state index contributed by atoms with van der Waals surface area (Å²) in [5, 5.41) is 3.09. The second-order valence-electron chi connectivity index (χ2n) is 7.98. The first-order chi connectivity index (χ1) is 14.5. The molecule has 3 rings (SSSR count). The first kappa shape index (κ1) is 22.7. The quantitative estimate of drug-likeness (QED) is 0.587. The van der Waals surface area contributed by atoms with Crippen molar-refractivity contribution >= 4 is 28.6 Å². The first-order valence-corrected chi connectivity index (χ1v) is 10.0. The number of hydrogen-bond donors (Lipinski definition) is 1. The Kier molecular flexibility index (Phi) is 6.31. The second-order valence-corrected chi connectivity index (χ2v) is 8.39. The molecule has 0 aliphatic heterocycles. The molecule has 1 heterocycles. The van der Waals surface area contributed by atoms with Gasteiger partial charge in [0.15, 0.2) is 0 Å². The third-order valence-corrected chi connectivity index (χ3v) is 4.70. The largest absolute Gasteiger partial charge is 0.444 e. The van der Waals surface area contributed by atoms with Crippen LogP contribution in [0.4, 0.5) is 13.6 Å². The number of rotatable bonds is 4. The van der Waals surface area contributed by atoms with Crippen molar-refractivity contribution in [3.63, 3.8) is 0 Å². The van der Waals surface area contributed by atoms with E-state index in [-0.39, 0.29) is 27.4 Å². The van der Waals surface area contributed by atoms with E-state index in [0.29, 0.717) is 12.5 Å². The number of halogens is 3. The van der Waals surface area contributed by atoms with Crippen LogP contribution in [0, 0.1) is 11.6 Å². The number of para-hydroxylation sites is 1. The molecule has 1 aromatic heterocycles. The van der Waals surface area contributed by atoms with Crippen LogP contribution >= 0.6 is 11.6 Å². The van der Waals surface area contributed by atoms with Gasteiger partial charge in [0.25, 0.3) is 5.56 Å². The number of carbonyl (C=O) groups excluding carboxylic acids is 1. The normalized spacial score (nSPS) is 12.6. The van der Waals surface area contributed by atoms with Gasteiger partial charge in [0, 0.05) is 6.07 Å². The van der Waals surface area contributed by atoms with Gasteiger partial charge in [0.2, 0.25) is 0 Å². The lowest BCUT2D eigenvalue weighted by atomic mass is 10.1. The van der Waals surface area contributed by atoms with Gasteiger partial charge in [0.1, 0.15) is 23.1 Å². The summed E-state index contributed by atoms with van der Waals surface area (Å²) in [6.07, 6.45) is -0.399. The van der Waals surface area contributed by atoms with Gasteiger partial charge in [-0.05, 0) is 51.5 Å². The molecule has 1 N–H and O–H groups in total. The fraction of sp³-hybridized carbons (Fsp3) is 0.318. The number of hydrogen-bond acceptors (Lipinski definition) is 4. The Morgan fingerprint density at radius 1 is 1.23 bits per heavy atom. The van der Waals surface area contributed by atoms with Crippen molar-refractivity contribution in [2.45, 2.75) is 45.8 Å². The molecule has 6 nitrogen and oxygen atoms in total. The molecule has 2 aromatic carbocycles. The second kappa shape index (κ2) is 8.63. The maximum Gasteiger partial charge on any atom is 0.408 e. The van der Waals surface area contributed by atoms with Crippen LogP contribution < -0.4 is 10.9 Å². The number of aromatic nitrogens is 2. The minimum Gasteiger partial charge on any atom is -0.444 e. The fourth-order valence-corrected chi connectivity index (χ4v) is 3.36. The van der Waals surface area contributed by atoms with Gasteiger partial charge in [-0.2, -0.15) is 0 Å². The molecule has 0 spiro atoms. The van der Waals surface area contributed by atoms with E-state index in [1.165, 1.54) is 6.07 Å². The summed E-state index contributed by atoms with van der Waals surface area (Å²) in [4.78, 5) is 30.2. The van der Waals surface area contributed by atoms with E-state index in [9.17, 15) is 18.4 Å². The summed E-state index contributed by atoms with van der Waals surface area (Å²) < 4.78 is 34.3. The molecule has 9 heteroatoms. The van der Waals surface area contributed by atoms with E-state index in [2.05, 4.69) is 10.3 Å². The monoisotopic (exact) mass is 449 g/mol. The number of carbonyl (C=O) groups is 1. The van der Waals surface area contributed by atoms with Crippen molar-refractivity contribution in [1.29, 1.82) is 0 Å². The van der Waals surface area contributed by atoms with Crippen molar-refractivity contribution < 1.29 is 18.3 Å². The average molecular weight is 450 g/mol. The van der Waals surface area contributed by atoms with Crippen LogP contribution in [0.2, 0.25) is 5.02 Å². The molecule has 164 valence electrons. The third-order valence-electron chi connectivity index (χ3n) is 4.39. The van der Waals surface area contributed by atoms with Crippen molar-refractivity contribution in [2.75, 3.05) is 0 Å². The molecule has 0 fully saturated rings. The molecule has 0 radical (unpaired) electrons. The molecular weight excluding hydrogens is 428 g/mol. The SMILES string of the molecule is CCC(NC(=O)OC(C)(C)C)c1nc2c(Cl)cccc2c(=O)n1-c1cc(F)cc(F)c1. The molecule has 1 atom stereocenters. The highest BCUT2D eigenvalue weighted by atomic mass is 35.5.